The molecule has 35 heavy (non-hydrogen) atoms. The van der Waals surface area contributed by atoms with Crippen molar-refractivity contribution in [3.63, 3.8) is 0 Å². The number of aromatic hydroxyl groups is 1. The minimum atomic E-state index is -0.134. The van der Waals surface area contributed by atoms with E-state index in [4.69, 9.17) is 15.6 Å². The van der Waals surface area contributed by atoms with Gasteiger partial charge in [-0.05, 0) is 29.8 Å². The molecule has 0 unspecified atom stereocenters. The molecule has 0 saturated carbocycles. The lowest BCUT2D eigenvalue weighted by molar-refractivity contribution is 0.475. The van der Waals surface area contributed by atoms with Crippen LogP contribution in [0.2, 0.25) is 0 Å². The molecule has 0 aliphatic heterocycles. The summed E-state index contributed by atoms with van der Waals surface area (Å²) >= 11 is 0. The lowest BCUT2D eigenvalue weighted by atomic mass is 10.0. The summed E-state index contributed by atoms with van der Waals surface area (Å²) in [7, 11) is 0. The molecule has 2 heterocycles. The number of nitrogens with zero attached hydrogens (tertiary/aromatic N) is 2. The van der Waals surface area contributed by atoms with Crippen LogP contribution in [-0.2, 0) is 6.54 Å². The molecule has 0 fully saturated rings. The molecule has 0 spiro atoms. The van der Waals surface area contributed by atoms with Gasteiger partial charge >= 0.3 is 0 Å². The number of phenolic OH excluding ortho intramolecular Hbond substituents is 1. The summed E-state index contributed by atoms with van der Waals surface area (Å²) in [5.41, 5.74) is 8.42. The van der Waals surface area contributed by atoms with Crippen molar-refractivity contribution in [3.8, 4) is 16.9 Å². The van der Waals surface area contributed by atoms with Crippen LogP contribution in [0.5, 0.6) is 5.75 Å². The van der Waals surface area contributed by atoms with Crippen molar-refractivity contribution in [2.24, 2.45) is 0 Å². The van der Waals surface area contributed by atoms with Gasteiger partial charge in [0.25, 0.3) is 0 Å². The van der Waals surface area contributed by atoms with E-state index in [-0.39, 0.29) is 34.8 Å². The summed E-state index contributed by atoms with van der Waals surface area (Å²) in [5.74, 6) is 0.870. The molecule has 5 aromatic rings. The quantitative estimate of drug-likeness (QED) is 0.271. The Hall–Kier alpha value is -4.98. The first-order valence-electron chi connectivity index (χ1n) is 10.9. The molecule has 5 rings (SSSR count). The number of anilines is 2. The molecule has 0 aliphatic carbocycles. The van der Waals surface area contributed by atoms with Crippen molar-refractivity contribution in [2.45, 2.75) is 6.54 Å². The molecule has 8 heteroatoms. The van der Waals surface area contributed by atoms with Crippen LogP contribution >= 0.6 is 0 Å². The lowest BCUT2D eigenvalue weighted by Crippen LogP contribution is -2.16. The number of aromatic nitrogens is 2. The highest BCUT2D eigenvalue weighted by molar-refractivity contribution is 6.16. The number of nitrogens with two attached hydrogens (primary N) is 1. The molecular formula is C27H21N5O3. The lowest BCUT2D eigenvalue weighted by Gasteiger charge is -2.15. The van der Waals surface area contributed by atoms with E-state index in [0.29, 0.717) is 33.7 Å². The van der Waals surface area contributed by atoms with Crippen LogP contribution in [0, 0.1) is 5.41 Å². The smallest absolute Gasteiger partial charge is 0.200 e. The monoisotopic (exact) mass is 463 g/mol. The molecule has 5 N–H and O–H groups in total. The standard InChI is InChI=1S/C27H21N5O3/c28-24(17-9-6-10-18(33)13-17)23-26(29)31-15-32-27(23)30-14-21-22(16-7-2-1-3-8-16)25(34)19-11-4-5-12-20(19)35-21/h1-13,15,28,33H,14H2,(H3,29,30,31,32). The highest BCUT2D eigenvalue weighted by Gasteiger charge is 2.19. The topological polar surface area (TPSA) is 138 Å². The van der Waals surface area contributed by atoms with Gasteiger partial charge < -0.3 is 20.6 Å². The Morgan fingerprint density at radius 2 is 1.77 bits per heavy atom. The number of benzene rings is 3. The Labute approximate surface area is 200 Å². The fraction of sp³-hybridized carbons (Fsp3) is 0.0370. The maximum absolute atomic E-state index is 13.4. The zero-order chi connectivity index (χ0) is 24.4. The molecule has 0 atom stereocenters. The molecule has 0 bridgehead atoms. The highest BCUT2D eigenvalue weighted by Crippen LogP contribution is 2.27. The molecule has 0 saturated heterocycles. The summed E-state index contributed by atoms with van der Waals surface area (Å²) in [6.45, 7) is 0.112. The van der Waals surface area contributed by atoms with Crippen molar-refractivity contribution in [1.82, 2.24) is 9.97 Å². The zero-order valence-electron chi connectivity index (χ0n) is 18.5. The van der Waals surface area contributed by atoms with Gasteiger partial charge in [0, 0.05) is 5.56 Å². The molecule has 0 radical (unpaired) electrons. The van der Waals surface area contributed by atoms with Gasteiger partial charge in [-0.25, -0.2) is 9.97 Å². The van der Waals surface area contributed by atoms with E-state index in [9.17, 15) is 9.90 Å². The van der Waals surface area contributed by atoms with E-state index >= 15 is 0 Å². The fourth-order valence-corrected chi connectivity index (χ4v) is 3.96. The second-order valence-corrected chi connectivity index (χ2v) is 7.85. The number of nitrogens with one attached hydrogen (secondary N) is 2. The molecular weight excluding hydrogens is 442 g/mol. The van der Waals surface area contributed by atoms with Crippen LogP contribution in [-0.4, -0.2) is 20.8 Å². The normalized spacial score (nSPS) is 10.9. The minimum Gasteiger partial charge on any atom is -0.508 e. The maximum Gasteiger partial charge on any atom is 0.200 e. The number of phenols is 1. The second-order valence-electron chi connectivity index (χ2n) is 7.85. The van der Waals surface area contributed by atoms with Gasteiger partial charge in [0.2, 0.25) is 5.43 Å². The van der Waals surface area contributed by atoms with Crippen molar-refractivity contribution in [1.29, 1.82) is 5.41 Å². The van der Waals surface area contributed by atoms with E-state index in [1.54, 1.807) is 30.3 Å². The van der Waals surface area contributed by atoms with Crippen LogP contribution in [0.3, 0.4) is 0 Å². The minimum absolute atomic E-state index is 0.0302. The number of nitrogen functional groups attached to an aromatic ring is 1. The maximum atomic E-state index is 13.4. The Balaban J connectivity index is 1.57. The Bertz CT molecular complexity index is 1610. The summed E-state index contributed by atoms with van der Waals surface area (Å²) in [6, 6.07) is 22.7. The fourth-order valence-electron chi connectivity index (χ4n) is 3.96. The number of rotatable bonds is 6. The molecule has 2 aromatic heterocycles. The van der Waals surface area contributed by atoms with Gasteiger partial charge in [-0.15, -0.1) is 0 Å². The van der Waals surface area contributed by atoms with Gasteiger partial charge in [0.1, 0.15) is 35.1 Å². The molecule has 0 aliphatic rings. The van der Waals surface area contributed by atoms with Gasteiger partial charge in [0.15, 0.2) is 0 Å². The van der Waals surface area contributed by atoms with Crippen molar-refractivity contribution >= 4 is 28.3 Å². The molecule has 0 amide bonds. The summed E-state index contributed by atoms with van der Waals surface area (Å²) in [6.07, 6.45) is 1.30. The number of hydrogen-bond acceptors (Lipinski definition) is 8. The summed E-state index contributed by atoms with van der Waals surface area (Å²) in [4.78, 5) is 21.7. The average molecular weight is 463 g/mol. The SMILES string of the molecule is N=C(c1cccc(O)c1)c1c(N)ncnc1NCc1oc2ccccc2c(=O)c1-c1ccccc1. The van der Waals surface area contributed by atoms with E-state index in [2.05, 4.69) is 15.3 Å². The van der Waals surface area contributed by atoms with Crippen LogP contribution in [0.1, 0.15) is 16.9 Å². The third-order valence-electron chi connectivity index (χ3n) is 5.61. The molecule has 8 nitrogen and oxygen atoms in total. The predicted octanol–water partition coefficient (Wildman–Crippen LogP) is 4.57. The van der Waals surface area contributed by atoms with Crippen molar-refractivity contribution in [3.05, 3.63) is 112 Å². The third kappa shape index (κ3) is 4.20. The second kappa shape index (κ2) is 9.11. The number of hydrogen-bond donors (Lipinski definition) is 4. The van der Waals surface area contributed by atoms with Crippen molar-refractivity contribution < 1.29 is 9.52 Å². The van der Waals surface area contributed by atoms with E-state index in [1.807, 2.05) is 36.4 Å². The van der Waals surface area contributed by atoms with Gasteiger partial charge in [0.05, 0.1) is 28.8 Å². The van der Waals surface area contributed by atoms with Gasteiger partial charge in [-0.2, -0.15) is 0 Å². The molecule has 3 aromatic carbocycles. The Kier molecular flexibility index (Phi) is 5.68. The van der Waals surface area contributed by atoms with E-state index in [0.717, 1.165) is 5.56 Å². The van der Waals surface area contributed by atoms with E-state index < -0.39 is 0 Å². The number of para-hydroxylation sites is 1. The van der Waals surface area contributed by atoms with Crippen LogP contribution in [0.15, 0.2) is 94.4 Å². The largest absolute Gasteiger partial charge is 0.508 e. The first kappa shape index (κ1) is 21.8. The number of fused-ring (bicyclic) bond motifs is 1. The van der Waals surface area contributed by atoms with Crippen LogP contribution in [0.4, 0.5) is 11.6 Å². The average Bonchev–Trinajstić information content (AvgIpc) is 2.88. The Morgan fingerprint density at radius 1 is 1.00 bits per heavy atom. The van der Waals surface area contributed by atoms with Crippen molar-refractivity contribution in [2.75, 3.05) is 11.1 Å². The van der Waals surface area contributed by atoms with E-state index in [1.165, 1.54) is 18.5 Å². The van der Waals surface area contributed by atoms with Gasteiger partial charge in [-0.1, -0.05) is 54.6 Å². The zero-order valence-corrected chi connectivity index (χ0v) is 18.5. The van der Waals surface area contributed by atoms with Crippen LogP contribution in [0.25, 0.3) is 22.1 Å². The van der Waals surface area contributed by atoms with Gasteiger partial charge in [-0.3, -0.25) is 10.2 Å². The summed E-state index contributed by atoms with van der Waals surface area (Å²) in [5, 5.41) is 22.2. The third-order valence-corrected chi connectivity index (χ3v) is 5.61. The predicted molar refractivity (Wildman–Crippen MR) is 136 cm³/mol. The first-order chi connectivity index (χ1) is 17.0. The molecule has 172 valence electrons. The Morgan fingerprint density at radius 3 is 2.57 bits per heavy atom. The summed E-state index contributed by atoms with van der Waals surface area (Å²) < 4.78 is 6.16. The van der Waals surface area contributed by atoms with Crippen LogP contribution < -0.4 is 16.5 Å². The first-order valence-corrected chi connectivity index (χ1v) is 10.9. The highest BCUT2D eigenvalue weighted by atomic mass is 16.3.